The van der Waals surface area contributed by atoms with E-state index < -0.39 is 6.10 Å². The minimum atomic E-state index is -0.654. The highest BCUT2D eigenvalue weighted by atomic mass is 32.1. The quantitative estimate of drug-likeness (QED) is 0.538. The van der Waals surface area contributed by atoms with Crippen molar-refractivity contribution in [1.29, 1.82) is 0 Å². The maximum atomic E-state index is 12.1. The van der Waals surface area contributed by atoms with Gasteiger partial charge in [0, 0.05) is 13.1 Å². The standard InChI is InChI=1S/C18H24N4O2S/c1-13(17(23)20-21-18(25)19-10-11-22(2)3)24-16-9-8-14-6-4-5-7-15(14)12-16/h4-9,12-13H,10-11H2,1-3H3,(H,20,23)(H2,19,21,25)/t13-/m1/s1. The van der Waals surface area contributed by atoms with E-state index in [0.717, 1.165) is 17.3 Å². The number of hydrogen-bond acceptors (Lipinski definition) is 4. The number of hydrogen-bond donors (Lipinski definition) is 3. The highest BCUT2D eigenvalue weighted by Crippen LogP contribution is 2.21. The largest absolute Gasteiger partial charge is 0.481 e. The first-order chi connectivity index (χ1) is 12.0. The van der Waals surface area contributed by atoms with Crippen molar-refractivity contribution < 1.29 is 9.53 Å². The molecule has 2 aromatic rings. The fourth-order valence-electron chi connectivity index (χ4n) is 2.16. The number of likely N-dealkylation sites (N-methyl/N-ethyl adjacent to an activating group) is 1. The topological polar surface area (TPSA) is 65.6 Å². The summed E-state index contributed by atoms with van der Waals surface area (Å²) in [6, 6.07) is 13.7. The number of carbonyl (C=O) groups excluding carboxylic acids is 1. The third-order valence-corrected chi connectivity index (χ3v) is 3.79. The summed E-state index contributed by atoms with van der Waals surface area (Å²) in [7, 11) is 3.96. The molecule has 0 spiro atoms. The van der Waals surface area contributed by atoms with Gasteiger partial charge in [-0.3, -0.25) is 15.6 Å². The molecular weight excluding hydrogens is 336 g/mol. The smallest absolute Gasteiger partial charge is 0.279 e. The molecule has 134 valence electrons. The highest BCUT2D eigenvalue weighted by Gasteiger charge is 2.14. The van der Waals surface area contributed by atoms with Crippen LogP contribution < -0.4 is 20.9 Å². The van der Waals surface area contributed by atoms with Gasteiger partial charge in [-0.2, -0.15) is 0 Å². The Morgan fingerprint density at radius 2 is 1.88 bits per heavy atom. The molecular formula is C18H24N4O2S. The number of thiocarbonyl (C=S) groups is 1. The van der Waals surface area contributed by atoms with E-state index in [-0.39, 0.29) is 5.91 Å². The van der Waals surface area contributed by atoms with Crippen LogP contribution in [0.5, 0.6) is 5.75 Å². The van der Waals surface area contributed by atoms with Gasteiger partial charge in [0.2, 0.25) is 0 Å². The van der Waals surface area contributed by atoms with Gasteiger partial charge < -0.3 is 15.0 Å². The number of nitrogens with one attached hydrogen (secondary N) is 3. The molecule has 0 aromatic heterocycles. The van der Waals surface area contributed by atoms with Crippen LogP contribution in [0.4, 0.5) is 0 Å². The summed E-state index contributed by atoms with van der Waals surface area (Å²) >= 11 is 5.10. The normalized spacial score (nSPS) is 11.8. The molecule has 0 saturated heterocycles. The van der Waals surface area contributed by atoms with Crippen LogP contribution in [0.25, 0.3) is 10.8 Å². The molecule has 2 rings (SSSR count). The first-order valence-electron chi connectivity index (χ1n) is 8.09. The van der Waals surface area contributed by atoms with E-state index >= 15 is 0 Å². The molecule has 0 aliphatic rings. The van der Waals surface area contributed by atoms with Crippen molar-refractivity contribution in [3.63, 3.8) is 0 Å². The summed E-state index contributed by atoms with van der Waals surface area (Å²) in [5.41, 5.74) is 5.22. The van der Waals surface area contributed by atoms with Crippen LogP contribution in [0.1, 0.15) is 6.92 Å². The molecule has 2 aromatic carbocycles. The average Bonchev–Trinajstić information content (AvgIpc) is 2.59. The Kier molecular flexibility index (Phi) is 6.97. The first kappa shape index (κ1) is 19.0. The van der Waals surface area contributed by atoms with E-state index in [2.05, 4.69) is 16.2 Å². The van der Waals surface area contributed by atoms with Crippen molar-refractivity contribution in [2.75, 3.05) is 27.2 Å². The summed E-state index contributed by atoms with van der Waals surface area (Å²) < 4.78 is 5.71. The molecule has 0 aliphatic carbocycles. The van der Waals surface area contributed by atoms with E-state index in [9.17, 15) is 4.79 Å². The lowest BCUT2D eigenvalue weighted by molar-refractivity contribution is -0.127. The molecule has 0 radical (unpaired) electrons. The zero-order valence-electron chi connectivity index (χ0n) is 14.7. The van der Waals surface area contributed by atoms with Crippen molar-refractivity contribution in [2.24, 2.45) is 0 Å². The fraction of sp³-hybridized carbons (Fsp3) is 0.333. The van der Waals surface area contributed by atoms with E-state index in [1.807, 2.05) is 61.5 Å². The molecule has 6 nitrogen and oxygen atoms in total. The molecule has 0 unspecified atom stereocenters. The van der Waals surface area contributed by atoms with Gasteiger partial charge in [0.25, 0.3) is 5.91 Å². The van der Waals surface area contributed by atoms with Crippen LogP contribution in [0.2, 0.25) is 0 Å². The number of nitrogens with zero attached hydrogens (tertiary/aromatic N) is 1. The summed E-state index contributed by atoms with van der Waals surface area (Å²) in [5.74, 6) is 0.345. The SMILES string of the molecule is C[C@@H](Oc1ccc2ccccc2c1)C(=O)NNC(=S)NCCN(C)C. The fourth-order valence-corrected chi connectivity index (χ4v) is 2.31. The van der Waals surface area contributed by atoms with Crippen molar-refractivity contribution in [1.82, 2.24) is 21.1 Å². The summed E-state index contributed by atoms with van der Waals surface area (Å²) in [5, 5.41) is 5.56. The van der Waals surface area contributed by atoms with Gasteiger partial charge >= 0.3 is 0 Å². The van der Waals surface area contributed by atoms with Crippen LogP contribution in [0.15, 0.2) is 42.5 Å². The number of benzene rings is 2. The second-order valence-corrected chi connectivity index (χ2v) is 6.35. The van der Waals surface area contributed by atoms with E-state index in [1.54, 1.807) is 6.92 Å². The van der Waals surface area contributed by atoms with Crippen molar-refractivity contribution in [3.8, 4) is 5.75 Å². The summed E-state index contributed by atoms with van der Waals surface area (Å²) in [6.07, 6.45) is -0.654. The van der Waals surface area contributed by atoms with Crippen molar-refractivity contribution >= 4 is 34.0 Å². The van der Waals surface area contributed by atoms with Crippen LogP contribution >= 0.6 is 12.2 Å². The Balaban J connectivity index is 1.80. The van der Waals surface area contributed by atoms with E-state index in [1.165, 1.54) is 0 Å². The zero-order valence-corrected chi connectivity index (χ0v) is 15.5. The Morgan fingerprint density at radius 1 is 1.16 bits per heavy atom. The Labute approximate surface area is 153 Å². The number of hydrazine groups is 1. The molecule has 0 bridgehead atoms. The van der Waals surface area contributed by atoms with Crippen molar-refractivity contribution in [2.45, 2.75) is 13.0 Å². The monoisotopic (exact) mass is 360 g/mol. The Bertz CT molecular complexity index is 736. The molecule has 3 N–H and O–H groups in total. The van der Waals surface area contributed by atoms with Crippen LogP contribution in [0, 0.1) is 0 Å². The highest BCUT2D eigenvalue weighted by molar-refractivity contribution is 7.80. The van der Waals surface area contributed by atoms with Gasteiger partial charge in [0.05, 0.1) is 0 Å². The van der Waals surface area contributed by atoms with Crippen LogP contribution in [-0.2, 0) is 4.79 Å². The third-order valence-electron chi connectivity index (χ3n) is 3.55. The minimum Gasteiger partial charge on any atom is -0.481 e. The van der Waals surface area contributed by atoms with Gasteiger partial charge in [-0.15, -0.1) is 0 Å². The van der Waals surface area contributed by atoms with Gasteiger partial charge in [-0.05, 0) is 56.1 Å². The first-order valence-corrected chi connectivity index (χ1v) is 8.50. The molecule has 1 atom stereocenters. The van der Waals surface area contributed by atoms with Gasteiger partial charge in [0.1, 0.15) is 5.75 Å². The van der Waals surface area contributed by atoms with Gasteiger partial charge in [-0.1, -0.05) is 30.3 Å². The summed E-state index contributed by atoms with van der Waals surface area (Å²) in [6.45, 7) is 3.23. The number of rotatable bonds is 6. The summed E-state index contributed by atoms with van der Waals surface area (Å²) in [4.78, 5) is 14.1. The molecule has 25 heavy (non-hydrogen) atoms. The number of ether oxygens (including phenoxy) is 1. The Hall–Kier alpha value is -2.38. The molecule has 7 heteroatoms. The molecule has 1 amide bonds. The Morgan fingerprint density at radius 3 is 2.60 bits per heavy atom. The number of amides is 1. The average molecular weight is 360 g/mol. The van der Waals surface area contributed by atoms with E-state index in [0.29, 0.717) is 17.4 Å². The lowest BCUT2D eigenvalue weighted by Crippen LogP contribution is -2.51. The second-order valence-electron chi connectivity index (χ2n) is 5.94. The number of carbonyl (C=O) groups is 1. The second kappa shape index (κ2) is 9.19. The predicted octanol–water partition coefficient (Wildman–Crippen LogP) is 1.66. The molecule has 0 fully saturated rings. The number of fused-ring (bicyclic) bond motifs is 1. The molecule has 0 heterocycles. The predicted molar refractivity (Wildman–Crippen MR) is 104 cm³/mol. The molecule has 0 aliphatic heterocycles. The van der Waals surface area contributed by atoms with Crippen LogP contribution in [0.3, 0.4) is 0 Å². The van der Waals surface area contributed by atoms with E-state index in [4.69, 9.17) is 17.0 Å². The maximum absolute atomic E-state index is 12.1. The lowest BCUT2D eigenvalue weighted by Gasteiger charge is -2.17. The third kappa shape index (κ3) is 6.21. The maximum Gasteiger partial charge on any atom is 0.279 e. The zero-order chi connectivity index (χ0) is 18.2. The van der Waals surface area contributed by atoms with Crippen molar-refractivity contribution in [3.05, 3.63) is 42.5 Å². The van der Waals surface area contributed by atoms with Gasteiger partial charge in [0.15, 0.2) is 11.2 Å². The minimum absolute atomic E-state index is 0.301. The molecule has 0 saturated carbocycles. The lowest BCUT2D eigenvalue weighted by atomic mass is 10.1. The van der Waals surface area contributed by atoms with Crippen LogP contribution in [-0.4, -0.2) is 49.2 Å². The van der Waals surface area contributed by atoms with Gasteiger partial charge in [-0.25, -0.2) is 0 Å².